The van der Waals surface area contributed by atoms with Gasteiger partial charge in [0, 0.05) is 13.7 Å². The largest absolute Gasteiger partial charge is 0.384 e. The predicted octanol–water partition coefficient (Wildman–Crippen LogP) is 1.13. The predicted molar refractivity (Wildman–Crippen MR) is 60.2 cm³/mol. The third-order valence-corrected chi connectivity index (χ3v) is 4.18. The van der Waals surface area contributed by atoms with Crippen molar-refractivity contribution in [2.24, 2.45) is 5.92 Å². The molecule has 1 aliphatic rings. The Hall–Kier alpha value is -0.130. The lowest BCUT2D eigenvalue weighted by atomic mass is 9.90. The first-order chi connectivity index (χ1) is 7.14. The number of hydrogen-bond donors (Lipinski definition) is 1. The van der Waals surface area contributed by atoms with Gasteiger partial charge in [-0.3, -0.25) is 0 Å². The highest BCUT2D eigenvalue weighted by molar-refractivity contribution is 7.89. The first-order valence-electron chi connectivity index (χ1n) is 5.60. The minimum atomic E-state index is -3.12. The zero-order valence-corrected chi connectivity index (χ0v) is 10.2. The normalized spacial score (nSPS) is 19.3. The van der Waals surface area contributed by atoms with Gasteiger partial charge in [-0.15, -0.1) is 0 Å². The summed E-state index contributed by atoms with van der Waals surface area (Å²) in [7, 11) is -1.61. The van der Waals surface area contributed by atoms with Crippen LogP contribution in [-0.2, 0) is 14.8 Å². The van der Waals surface area contributed by atoms with E-state index < -0.39 is 10.0 Å². The van der Waals surface area contributed by atoms with Crippen LogP contribution in [0.1, 0.15) is 32.1 Å². The van der Waals surface area contributed by atoms with E-state index in [1.54, 1.807) is 0 Å². The van der Waals surface area contributed by atoms with Crippen molar-refractivity contribution in [1.29, 1.82) is 0 Å². The van der Waals surface area contributed by atoms with Gasteiger partial charge in [-0.25, -0.2) is 13.1 Å². The Balaban J connectivity index is 2.22. The molecule has 0 unspecified atom stereocenters. The Morgan fingerprint density at radius 1 is 1.27 bits per heavy atom. The van der Waals surface area contributed by atoms with Gasteiger partial charge in [0.05, 0.1) is 12.4 Å². The fourth-order valence-electron chi connectivity index (χ4n) is 1.90. The minimum Gasteiger partial charge on any atom is -0.384 e. The van der Waals surface area contributed by atoms with Gasteiger partial charge in [-0.2, -0.15) is 0 Å². The molecule has 1 fully saturated rings. The second-order valence-electron chi connectivity index (χ2n) is 4.16. The molecule has 0 aromatic carbocycles. The molecule has 15 heavy (non-hydrogen) atoms. The van der Waals surface area contributed by atoms with Gasteiger partial charge in [0.15, 0.2) is 0 Å². The number of hydrogen-bond acceptors (Lipinski definition) is 3. The molecule has 0 atom stereocenters. The fraction of sp³-hybridized carbons (Fsp3) is 1.00. The molecule has 0 heterocycles. The third kappa shape index (κ3) is 5.49. The van der Waals surface area contributed by atoms with Crippen molar-refractivity contribution in [3.05, 3.63) is 0 Å². The van der Waals surface area contributed by atoms with Crippen molar-refractivity contribution < 1.29 is 13.2 Å². The molecule has 0 aromatic heterocycles. The van der Waals surface area contributed by atoms with Crippen LogP contribution in [0.4, 0.5) is 0 Å². The van der Waals surface area contributed by atoms with Crippen LogP contribution in [0, 0.1) is 5.92 Å². The number of nitrogens with one attached hydrogen (secondary N) is 1. The van der Waals surface area contributed by atoms with Crippen molar-refractivity contribution in [3.8, 4) is 0 Å². The van der Waals surface area contributed by atoms with Gasteiger partial charge in [-0.1, -0.05) is 19.3 Å². The second kappa shape index (κ2) is 6.45. The lowest BCUT2D eigenvalue weighted by Gasteiger charge is -2.21. The van der Waals surface area contributed by atoms with E-state index >= 15 is 0 Å². The molecule has 0 aromatic rings. The summed E-state index contributed by atoms with van der Waals surface area (Å²) in [6, 6.07) is 0. The average molecular weight is 235 g/mol. The monoisotopic (exact) mass is 235 g/mol. The third-order valence-electron chi connectivity index (χ3n) is 2.87. The van der Waals surface area contributed by atoms with Crippen LogP contribution >= 0.6 is 0 Å². The number of rotatable bonds is 6. The van der Waals surface area contributed by atoms with E-state index in [-0.39, 0.29) is 12.4 Å². The maximum Gasteiger partial charge on any atom is 0.213 e. The molecule has 0 radical (unpaired) electrons. The molecule has 0 amide bonds. The van der Waals surface area contributed by atoms with Crippen molar-refractivity contribution in [2.75, 3.05) is 26.0 Å². The molecular weight excluding hydrogens is 214 g/mol. The fourth-order valence-corrected chi connectivity index (χ4v) is 2.92. The van der Waals surface area contributed by atoms with Crippen LogP contribution in [0.25, 0.3) is 0 Å². The molecule has 90 valence electrons. The van der Waals surface area contributed by atoms with Crippen molar-refractivity contribution >= 4 is 10.0 Å². The van der Waals surface area contributed by atoms with Gasteiger partial charge >= 0.3 is 0 Å². The number of ether oxygens (including phenoxy) is 1. The molecule has 0 spiro atoms. The molecule has 1 rings (SSSR count). The number of methoxy groups -OCH3 is 1. The van der Waals surface area contributed by atoms with Crippen LogP contribution in [0.5, 0.6) is 0 Å². The van der Waals surface area contributed by atoms with E-state index in [1.165, 1.54) is 26.4 Å². The molecule has 1 N–H and O–H groups in total. The zero-order valence-electron chi connectivity index (χ0n) is 9.37. The highest BCUT2D eigenvalue weighted by atomic mass is 32.2. The Kier molecular flexibility index (Phi) is 5.56. The summed E-state index contributed by atoms with van der Waals surface area (Å²) in [6.45, 7) is 0.867. The molecule has 5 heteroatoms. The van der Waals surface area contributed by atoms with E-state index in [0.29, 0.717) is 12.5 Å². The second-order valence-corrected chi connectivity index (χ2v) is 6.09. The minimum absolute atomic E-state index is 0.0657. The van der Waals surface area contributed by atoms with Gasteiger partial charge < -0.3 is 4.74 Å². The van der Waals surface area contributed by atoms with Crippen molar-refractivity contribution in [2.45, 2.75) is 32.1 Å². The molecule has 1 saturated carbocycles. The maximum atomic E-state index is 11.4. The Morgan fingerprint density at radius 3 is 2.53 bits per heavy atom. The van der Waals surface area contributed by atoms with Crippen LogP contribution in [0.3, 0.4) is 0 Å². The van der Waals surface area contributed by atoms with E-state index in [2.05, 4.69) is 4.72 Å². The molecule has 4 nitrogen and oxygen atoms in total. The first kappa shape index (κ1) is 12.9. The molecule has 0 aliphatic heterocycles. The summed E-state index contributed by atoms with van der Waals surface area (Å²) in [5.41, 5.74) is 0. The summed E-state index contributed by atoms with van der Waals surface area (Å²) in [4.78, 5) is 0. The summed E-state index contributed by atoms with van der Waals surface area (Å²) < 4.78 is 30.3. The Morgan fingerprint density at radius 2 is 1.93 bits per heavy atom. The highest BCUT2D eigenvalue weighted by Gasteiger charge is 2.16. The zero-order chi connectivity index (χ0) is 11.1. The van der Waals surface area contributed by atoms with Crippen molar-refractivity contribution in [1.82, 2.24) is 4.72 Å². The topological polar surface area (TPSA) is 55.4 Å². The average Bonchev–Trinajstić information content (AvgIpc) is 2.25. The molecule has 1 aliphatic carbocycles. The highest BCUT2D eigenvalue weighted by Crippen LogP contribution is 2.22. The summed E-state index contributed by atoms with van der Waals surface area (Å²) in [6.07, 6.45) is 6.10. The number of sulfonamides is 1. The van der Waals surface area contributed by atoms with Gasteiger partial charge in [0.2, 0.25) is 10.0 Å². The van der Waals surface area contributed by atoms with E-state index in [1.807, 2.05) is 0 Å². The van der Waals surface area contributed by atoms with Crippen LogP contribution in [0.2, 0.25) is 0 Å². The molecule has 0 bridgehead atoms. The van der Waals surface area contributed by atoms with Gasteiger partial charge in [0.1, 0.15) is 0 Å². The van der Waals surface area contributed by atoms with Crippen LogP contribution in [-0.4, -0.2) is 34.4 Å². The molecule has 0 saturated heterocycles. The maximum absolute atomic E-state index is 11.4. The lowest BCUT2D eigenvalue weighted by Crippen LogP contribution is -2.33. The summed E-state index contributed by atoms with van der Waals surface area (Å²) >= 11 is 0. The van der Waals surface area contributed by atoms with Crippen LogP contribution < -0.4 is 4.72 Å². The van der Waals surface area contributed by atoms with Gasteiger partial charge in [-0.05, 0) is 18.8 Å². The van der Waals surface area contributed by atoms with E-state index in [9.17, 15) is 8.42 Å². The SMILES string of the molecule is COCCS(=O)(=O)NCC1CCCCC1. The van der Waals surface area contributed by atoms with Crippen LogP contribution in [0.15, 0.2) is 0 Å². The summed E-state index contributed by atoms with van der Waals surface area (Å²) in [5, 5.41) is 0. The lowest BCUT2D eigenvalue weighted by molar-refractivity contribution is 0.216. The van der Waals surface area contributed by atoms with Gasteiger partial charge in [0.25, 0.3) is 0 Å². The van der Waals surface area contributed by atoms with E-state index in [0.717, 1.165) is 12.8 Å². The molecular formula is C10H21NO3S. The quantitative estimate of drug-likeness (QED) is 0.751. The Bertz CT molecular complexity index is 258. The van der Waals surface area contributed by atoms with Crippen molar-refractivity contribution in [3.63, 3.8) is 0 Å². The van der Waals surface area contributed by atoms with E-state index in [4.69, 9.17) is 4.74 Å². The Labute approximate surface area is 92.4 Å². The first-order valence-corrected chi connectivity index (χ1v) is 7.25. The summed E-state index contributed by atoms with van der Waals surface area (Å²) in [5.74, 6) is 0.604. The standard InChI is InChI=1S/C10H21NO3S/c1-14-7-8-15(12,13)11-9-10-5-3-2-4-6-10/h10-11H,2-9H2,1H3. The smallest absolute Gasteiger partial charge is 0.213 e.